The van der Waals surface area contributed by atoms with Crippen molar-refractivity contribution >= 4 is 0 Å². The lowest BCUT2D eigenvalue weighted by Gasteiger charge is -2.26. The van der Waals surface area contributed by atoms with Crippen LogP contribution in [0.2, 0.25) is 0 Å². The number of nitrogens with zero attached hydrogens (tertiary/aromatic N) is 1. The molecule has 0 aliphatic rings. The van der Waals surface area contributed by atoms with Crippen LogP contribution in [0.15, 0.2) is 72.8 Å². The number of hydrogen-bond donors (Lipinski definition) is 1. The smallest absolute Gasteiger partial charge is 0.165 e. The summed E-state index contributed by atoms with van der Waals surface area (Å²) in [4.78, 5) is 2.07. The van der Waals surface area contributed by atoms with Crippen LogP contribution in [0.1, 0.15) is 11.1 Å². The van der Waals surface area contributed by atoms with Crippen LogP contribution < -0.4 is 14.2 Å². The van der Waals surface area contributed by atoms with Gasteiger partial charge in [-0.15, -0.1) is 0 Å². The number of methoxy groups -OCH3 is 2. The summed E-state index contributed by atoms with van der Waals surface area (Å²) in [6, 6.07) is 21.5. The molecule has 0 saturated heterocycles. The number of halogens is 1. The highest BCUT2D eigenvalue weighted by Gasteiger charge is 2.17. The third-order valence-electron chi connectivity index (χ3n) is 4.85. The first-order valence-corrected chi connectivity index (χ1v) is 10.1. The molecule has 31 heavy (non-hydrogen) atoms. The molecule has 3 aromatic rings. The van der Waals surface area contributed by atoms with E-state index in [1.54, 1.807) is 26.4 Å². The van der Waals surface area contributed by atoms with E-state index in [0.717, 1.165) is 11.1 Å². The van der Waals surface area contributed by atoms with Gasteiger partial charge in [0.15, 0.2) is 11.5 Å². The molecule has 5 nitrogen and oxygen atoms in total. The monoisotopic (exact) mass is 425 g/mol. The van der Waals surface area contributed by atoms with Crippen LogP contribution in [0, 0.1) is 5.82 Å². The molecule has 6 heteroatoms. The second kappa shape index (κ2) is 11.3. The van der Waals surface area contributed by atoms with Gasteiger partial charge in [0.1, 0.15) is 24.3 Å². The molecule has 0 bridgehead atoms. The Bertz CT molecular complexity index is 934. The van der Waals surface area contributed by atoms with Gasteiger partial charge in [0, 0.05) is 25.2 Å². The molecule has 1 atom stereocenters. The minimum Gasteiger partial charge on any atom is -0.493 e. The zero-order chi connectivity index (χ0) is 22.1. The second-order valence-corrected chi connectivity index (χ2v) is 7.23. The molecule has 0 spiro atoms. The maximum absolute atomic E-state index is 13.3. The molecule has 0 radical (unpaired) electrons. The molecule has 0 fully saturated rings. The van der Waals surface area contributed by atoms with Crippen molar-refractivity contribution in [3.8, 4) is 17.2 Å². The number of ether oxygens (including phenoxy) is 3. The number of hydrogen-bond acceptors (Lipinski definition) is 5. The van der Waals surface area contributed by atoms with E-state index in [9.17, 15) is 9.50 Å². The Morgan fingerprint density at radius 2 is 1.61 bits per heavy atom. The normalized spacial score (nSPS) is 11.9. The maximum atomic E-state index is 13.3. The first-order valence-electron chi connectivity index (χ1n) is 10.1. The van der Waals surface area contributed by atoms with Gasteiger partial charge in [0.2, 0.25) is 0 Å². The molecule has 0 heterocycles. The van der Waals surface area contributed by atoms with E-state index in [1.165, 1.54) is 12.1 Å². The van der Waals surface area contributed by atoms with E-state index in [2.05, 4.69) is 4.90 Å². The minimum atomic E-state index is -0.711. The summed E-state index contributed by atoms with van der Waals surface area (Å²) in [6.07, 6.45) is -0.711. The SMILES string of the molecule is COc1cccc(CN(Cc2ccc(F)cc2)C[C@H](O)COc2ccccc2)c1OC. The average Bonchev–Trinajstić information content (AvgIpc) is 2.79. The Labute approximate surface area is 182 Å². The lowest BCUT2D eigenvalue weighted by molar-refractivity contribution is 0.0625. The number of aliphatic hydroxyl groups is 1. The molecule has 0 amide bonds. The van der Waals surface area contributed by atoms with Crippen LogP contribution >= 0.6 is 0 Å². The molecular formula is C25H28FNO4. The Balaban J connectivity index is 1.73. The number of aliphatic hydroxyl groups excluding tert-OH is 1. The predicted molar refractivity (Wildman–Crippen MR) is 118 cm³/mol. The molecule has 0 saturated carbocycles. The summed E-state index contributed by atoms with van der Waals surface area (Å²) < 4.78 is 30.0. The van der Waals surface area contributed by atoms with E-state index in [-0.39, 0.29) is 12.4 Å². The second-order valence-electron chi connectivity index (χ2n) is 7.23. The molecule has 1 N–H and O–H groups in total. The highest BCUT2D eigenvalue weighted by Crippen LogP contribution is 2.31. The molecule has 0 aromatic heterocycles. The Kier molecular flexibility index (Phi) is 8.27. The standard InChI is InChI=1S/C25H28FNO4/c1-29-24-10-6-7-20(25(24)30-2)16-27(15-19-11-13-21(26)14-12-19)17-22(28)18-31-23-8-4-3-5-9-23/h3-14,22,28H,15-18H2,1-2H3/t22-/m0/s1. The zero-order valence-electron chi connectivity index (χ0n) is 17.8. The Hall–Kier alpha value is -3.09. The number of benzene rings is 3. The van der Waals surface area contributed by atoms with Crippen LogP contribution in [0.25, 0.3) is 0 Å². The summed E-state index contributed by atoms with van der Waals surface area (Å²) in [5.41, 5.74) is 1.87. The van der Waals surface area contributed by atoms with E-state index >= 15 is 0 Å². The Morgan fingerprint density at radius 1 is 0.871 bits per heavy atom. The average molecular weight is 426 g/mol. The quantitative estimate of drug-likeness (QED) is 0.497. The molecule has 3 aromatic carbocycles. The number of rotatable bonds is 11. The molecule has 164 valence electrons. The Morgan fingerprint density at radius 3 is 2.29 bits per heavy atom. The van der Waals surface area contributed by atoms with Gasteiger partial charge in [-0.1, -0.05) is 42.5 Å². The van der Waals surface area contributed by atoms with Gasteiger partial charge in [-0.25, -0.2) is 4.39 Å². The lowest BCUT2D eigenvalue weighted by Crippen LogP contribution is -2.35. The molecule has 3 rings (SSSR count). The largest absolute Gasteiger partial charge is 0.493 e. The van der Waals surface area contributed by atoms with Crippen molar-refractivity contribution in [2.45, 2.75) is 19.2 Å². The first-order chi connectivity index (χ1) is 15.1. The fourth-order valence-corrected chi connectivity index (χ4v) is 3.41. The van der Waals surface area contributed by atoms with Crippen LogP contribution in [-0.2, 0) is 13.1 Å². The van der Waals surface area contributed by atoms with E-state index in [1.807, 2.05) is 48.5 Å². The van der Waals surface area contributed by atoms with Crippen molar-refractivity contribution in [2.75, 3.05) is 27.4 Å². The fourth-order valence-electron chi connectivity index (χ4n) is 3.41. The zero-order valence-corrected chi connectivity index (χ0v) is 17.8. The minimum absolute atomic E-state index is 0.166. The molecule has 0 aliphatic carbocycles. The maximum Gasteiger partial charge on any atom is 0.165 e. The molecule has 0 unspecified atom stereocenters. The van der Waals surface area contributed by atoms with Crippen LogP contribution in [-0.4, -0.2) is 43.5 Å². The third kappa shape index (κ3) is 6.70. The van der Waals surface area contributed by atoms with Crippen molar-refractivity contribution in [3.05, 3.63) is 89.7 Å². The van der Waals surface area contributed by atoms with Gasteiger partial charge in [-0.3, -0.25) is 4.90 Å². The van der Waals surface area contributed by atoms with E-state index < -0.39 is 6.10 Å². The van der Waals surface area contributed by atoms with Gasteiger partial charge in [-0.2, -0.15) is 0 Å². The first kappa shape index (κ1) is 22.6. The summed E-state index contributed by atoms with van der Waals surface area (Å²) in [5, 5.41) is 10.6. The van der Waals surface area contributed by atoms with E-state index in [0.29, 0.717) is 36.9 Å². The van der Waals surface area contributed by atoms with Crippen molar-refractivity contribution in [1.82, 2.24) is 4.90 Å². The van der Waals surface area contributed by atoms with Crippen molar-refractivity contribution in [3.63, 3.8) is 0 Å². The van der Waals surface area contributed by atoms with Gasteiger partial charge >= 0.3 is 0 Å². The summed E-state index contributed by atoms with van der Waals surface area (Å²) >= 11 is 0. The lowest BCUT2D eigenvalue weighted by atomic mass is 10.1. The van der Waals surface area contributed by atoms with Crippen LogP contribution in [0.4, 0.5) is 4.39 Å². The highest BCUT2D eigenvalue weighted by molar-refractivity contribution is 5.46. The van der Waals surface area contributed by atoms with E-state index in [4.69, 9.17) is 14.2 Å². The highest BCUT2D eigenvalue weighted by atomic mass is 19.1. The third-order valence-corrected chi connectivity index (χ3v) is 4.85. The van der Waals surface area contributed by atoms with Gasteiger partial charge in [0.25, 0.3) is 0 Å². The van der Waals surface area contributed by atoms with Crippen molar-refractivity contribution in [2.24, 2.45) is 0 Å². The fraction of sp³-hybridized carbons (Fsp3) is 0.280. The summed E-state index contributed by atoms with van der Waals surface area (Å²) in [6.45, 7) is 1.58. The molecule has 0 aliphatic heterocycles. The van der Waals surface area contributed by atoms with Gasteiger partial charge in [-0.05, 0) is 35.9 Å². The summed E-state index contributed by atoms with van der Waals surface area (Å²) in [7, 11) is 3.21. The predicted octanol–water partition coefficient (Wildman–Crippen LogP) is 4.29. The number of para-hydroxylation sites is 2. The summed E-state index contributed by atoms with van der Waals surface area (Å²) in [5.74, 6) is 1.74. The topological polar surface area (TPSA) is 51.2 Å². The van der Waals surface area contributed by atoms with Crippen molar-refractivity contribution < 1.29 is 23.7 Å². The van der Waals surface area contributed by atoms with Crippen LogP contribution in [0.5, 0.6) is 17.2 Å². The van der Waals surface area contributed by atoms with Gasteiger partial charge < -0.3 is 19.3 Å². The van der Waals surface area contributed by atoms with Crippen molar-refractivity contribution in [1.29, 1.82) is 0 Å². The van der Waals surface area contributed by atoms with Gasteiger partial charge in [0.05, 0.1) is 14.2 Å². The molecular weight excluding hydrogens is 397 g/mol. The van der Waals surface area contributed by atoms with Crippen LogP contribution in [0.3, 0.4) is 0 Å².